The molecule has 0 spiro atoms. The maximum absolute atomic E-state index is 9.27. The van der Waals surface area contributed by atoms with E-state index >= 15 is 0 Å². The number of nitrogens with zero attached hydrogens (tertiary/aromatic N) is 2. The van der Waals surface area contributed by atoms with E-state index in [1.165, 1.54) is 6.21 Å². The molecule has 0 bridgehead atoms. The number of phenols is 1. The molecule has 0 aliphatic rings. The SMILES string of the molecule is NC(N)=N/N=C/c1ccccc1O.[Cl-]. The number of benzene rings is 1. The third-order valence-electron chi connectivity index (χ3n) is 1.31. The summed E-state index contributed by atoms with van der Waals surface area (Å²) in [6, 6.07) is 6.74. The molecule has 0 heterocycles. The van der Waals surface area contributed by atoms with Crippen LogP contribution >= 0.6 is 0 Å². The summed E-state index contributed by atoms with van der Waals surface area (Å²) in [5.74, 6) is 0.0173. The fourth-order valence-electron chi connectivity index (χ4n) is 0.754. The molecule has 76 valence electrons. The predicted molar refractivity (Wildman–Crippen MR) is 51.5 cm³/mol. The highest BCUT2D eigenvalue weighted by molar-refractivity contribution is 5.84. The van der Waals surface area contributed by atoms with E-state index in [2.05, 4.69) is 10.2 Å². The zero-order valence-corrected chi connectivity index (χ0v) is 8.02. The van der Waals surface area contributed by atoms with Gasteiger partial charge in [0.15, 0.2) is 0 Å². The summed E-state index contributed by atoms with van der Waals surface area (Å²) >= 11 is 0. The topological polar surface area (TPSA) is 97.0 Å². The van der Waals surface area contributed by atoms with Crippen LogP contribution in [0.15, 0.2) is 34.5 Å². The molecule has 5 N–H and O–H groups in total. The average molecular weight is 214 g/mol. The predicted octanol–water partition coefficient (Wildman–Crippen LogP) is -3.00. The Kier molecular flexibility index (Phi) is 5.09. The van der Waals surface area contributed by atoms with Gasteiger partial charge in [-0.3, -0.25) is 0 Å². The molecule has 0 unspecified atom stereocenters. The number of guanidine groups is 1. The molecule has 0 aromatic heterocycles. The number of aromatic hydroxyl groups is 1. The minimum atomic E-state index is -0.119. The highest BCUT2D eigenvalue weighted by Crippen LogP contribution is 2.12. The molecule has 0 amide bonds. The second-order valence-electron chi connectivity index (χ2n) is 2.33. The summed E-state index contributed by atoms with van der Waals surface area (Å²) in [5.41, 5.74) is 10.7. The van der Waals surface area contributed by atoms with Crippen molar-refractivity contribution < 1.29 is 17.5 Å². The number of halogens is 1. The van der Waals surface area contributed by atoms with E-state index in [9.17, 15) is 5.11 Å². The number of nitrogens with two attached hydrogens (primary N) is 2. The maximum Gasteiger partial charge on any atom is 0.211 e. The van der Waals surface area contributed by atoms with Crippen molar-refractivity contribution in [2.45, 2.75) is 0 Å². The van der Waals surface area contributed by atoms with Gasteiger partial charge in [-0.2, -0.15) is 5.10 Å². The lowest BCUT2D eigenvalue weighted by molar-refractivity contribution is -0.00000397. The Morgan fingerprint density at radius 3 is 2.50 bits per heavy atom. The second-order valence-corrected chi connectivity index (χ2v) is 2.33. The Morgan fingerprint density at radius 1 is 1.29 bits per heavy atom. The van der Waals surface area contributed by atoms with Crippen molar-refractivity contribution in [2.24, 2.45) is 21.7 Å². The van der Waals surface area contributed by atoms with Crippen LogP contribution in [0, 0.1) is 0 Å². The van der Waals surface area contributed by atoms with Crippen molar-refractivity contribution >= 4 is 12.2 Å². The van der Waals surface area contributed by atoms with Crippen LogP contribution in [-0.2, 0) is 0 Å². The summed E-state index contributed by atoms with van der Waals surface area (Å²) < 4.78 is 0. The molecular weight excluding hydrogens is 204 g/mol. The van der Waals surface area contributed by atoms with E-state index in [0.29, 0.717) is 5.56 Å². The van der Waals surface area contributed by atoms with Crippen LogP contribution in [0.25, 0.3) is 0 Å². The lowest BCUT2D eigenvalue weighted by atomic mass is 10.2. The molecule has 0 atom stereocenters. The molecule has 0 fully saturated rings. The van der Waals surface area contributed by atoms with Gasteiger partial charge in [-0.1, -0.05) is 12.1 Å². The van der Waals surface area contributed by atoms with Gasteiger partial charge in [-0.25, -0.2) is 0 Å². The van der Waals surface area contributed by atoms with Crippen molar-refractivity contribution in [3.05, 3.63) is 29.8 Å². The highest BCUT2D eigenvalue weighted by Gasteiger charge is 1.93. The van der Waals surface area contributed by atoms with Crippen LogP contribution in [0.4, 0.5) is 0 Å². The summed E-state index contributed by atoms with van der Waals surface area (Å²) in [5, 5.41) is 16.2. The van der Waals surface area contributed by atoms with Crippen LogP contribution in [-0.4, -0.2) is 17.3 Å². The third-order valence-corrected chi connectivity index (χ3v) is 1.31. The molecule has 0 radical (unpaired) electrons. The van der Waals surface area contributed by atoms with Crippen molar-refractivity contribution in [3.8, 4) is 5.75 Å². The maximum atomic E-state index is 9.27. The molecule has 6 heteroatoms. The van der Waals surface area contributed by atoms with E-state index in [1.54, 1.807) is 24.3 Å². The zero-order chi connectivity index (χ0) is 9.68. The van der Waals surface area contributed by atoms with Crippen molar-refractivity contribution in [2.75, 3.05) is 0 Å². The summed E-state index contributed by atoms with van der Waals surface area (Å²) in [6.07, 6.45) is 1.37. The number of hydrogen-bond donors (Lipinski definition) is 3. The van der Waals surface area contributed by atoms with Crippen LogP contribution in [0.1, 0.15) is 5.56 Å². The Morgan fingerprint density at radius 2 is 1.93 bits per heavy atom. The van der Waals surface area contributed by atoms with Gasteiger partial charge in [0.2, 0.25) is 5.96 Å². The van der Waals surface area contributed by atoms with E-state index in [-0.39, 0.29) is 24.1 Å². The number of phenolic OH excluding ortho intramolecular Hbond substituents is 1. The van der Waals surface area contributed by atoms with E-state index in [0.717, 1.165) is 0 Å². The Labute approximate surface area is 87.5 Å². The van der Waals surface area contributed by atoms with Crippen molar-refractivity contribution in [3.63, 3.8) is 0 Å². The minimum absolute atomic E-state index is 0. The Hall–Kier alpha value is -1.75. The highest BCUT2D eigenvalue weighted by atomic mass is 35.5. The monoisotopic (exact) mass is 213 g/mol. The molecule has 0 aliphatic carbocycles. The summed E-state index contributed by atoms with van der Waals surface area (Å²) in [6.45, 7) is 0. The second kappa shape index (κ2) is 5.82. The fraction of sp³-hybridized carbons (Fsp3) is 0. The quantitative estimate of drug-likeness (QED) is 0.278. The van der Waals surface area contributed by atoms with E-state index in [1.807, 2.05) is 0 Å². The van der Waals surface area contributed by atoms with Gasteiger partial charge in [0.05, 0.1) is 6.21 Å². The Bertz CT molecular complexity index is 347. The van der Waals surface area contributed by atoms with Gasteiger partial charge in [-0.05, 0) is 12.1 Å². The van der Waals surface area contributed by atoms with Crippen molar-refractivity contribution in [1.29, 1.82) is 0 Å². The molecule has 1 aromatic rings. The fourth-order valence-corrected chi connectivity index (χ4v) is 0.754. The molecule has 1 aromatic carbocycles. The van der Waals surface area contributed by atoms with Gasteiger partial charge in [0.25, 0.3) is 0 Å². The van der Waals surface area contributed by atoms with E-state index in [4.69, 9.17) is 11.5 Å². The first kappa shape index (κ1) is 12.2. The zero-order valence-electron chi connectivity index (χ0n) is 7.26. The van der Waals surface area contributed by atoms with Gasteiger partial charge in [0.1, 0.15) is 5.75 Å². The molecule has 14 heavy (non-hydrogen) atoms. The van der Waals surface area contributed by atoms with E-state index < -0.39 is 0 Å². The third kappa shape index (κ3) is 3.77. The summed E-state index contributed by atoms with van der Waals surface area (Å²) in [7, 11) is 0. The van der Waals surface area contributed by atoms with Gasteiger partial charge >= 0.3 is 0 Å². The van der Waals surface area contributed by atoms with Gasteiger partial charge in [0, 0.05) is 5.56 Å². The standard InChI is InChI=1S/C8H10N4O.ClH/c9-8(10)12-11-5-6-3-1-2-4-7(6)13;/h1-5,13H,(H4,9,10,12);1H/p-1/b11-5+;. The lowest BCUT2D eigenvalue weighted by Gasteiger charge is -1.94. The largest absolute Gasteiger partial charge is 1.00 e. The number of para-hydroxylation sites is 1. The first-order valence-electron chi connectivity index (χ1n) is 3.60. The lowest BCUT2D eigenvalue weighted by Crippen LogP contribution is -3.00. The number of rotatable bonds is 2. The first-order valence-corrected chi connectivity index (χ1v) is 3.60. The van der Waals surface area contributed by atoms with Crippen LogP contribution in [0.3, 0.4) is 0 Å². The average Bonchev–Trinajstić information content (AvgIpc) is 2.08. The smallest absolute Gasteiger partial charge is 0.211 e. The Balaban J connectivity index is 0.00000169. The molecule has 1 rings (SSSR count). The van der Waals surface area contributed by atoms with Gasteiger partial charge in [-0.15, -0.1) is 5.10 Å². The van der Waals surface area contributed by atoms with Gasteiger partial charge < -0.3 is 29.0 Å². The molecule has 0 saturated heterocycles. The minimum Gasteiger partial charge on any atom is -1.00 e. The normalized spacial score (nSPS) is 9.43. The molecular formula is C8H10ClN4O-. The summed E-state index contributed by atoms with van der Waals surface area (Å²) in [4.78, 5) is 0. The molecule has 5 nitrogen and oxygen atoms in total. The molecule has 0 aliphatic heterocycles. The number of hydrogen-bond acceptors (Lipinski definition) is 3. The van der Waals surface area contributed by atoms with Crippen LogP contribution < -0.4 is 23.9 Å². The van der Waals surface area contributed by atoms with Crippen LogP contribution in [0.2, 0.25) is 0 Å². The van der Waals surface area contributed by atoms with Crippen LogP contribution in [0.5, 0.6) is 5.75 Å². The molecule has 0 saturated carbocycles. The first-order chi connectivity index (χ1) is 6.20. The van der Waals surface area contributed by atoms with Crippen molar-refractivity contribution in [1.82, 2.24) is 0 Å².